The van der Waals surface area contributed by atoms with Crippen LogP contribution in [0.5, 0.6) is 0 Å². The summed E-state index contributed by atoms with van der Waals surface area (Å²) >= 11 is 0. The highest BCUT2D eigenvalue weighted by Crippen LogP contribution is 2.20. The third kappa shape index (κ3) is 6.91. The molecule has 1 aliphatic carbocycles. The zero-order valence-electron chi connectivity index (χ0n) is 18.6. The maximum atomic E-state index is 13.4. The van der Waals surface area contributed by atoms with Crippen LogP contribution in [0.3, 0.4) is 0 Å². The van der Waals surface area contributed by atoms with E-state index in [2.05, 4.69) is 5.32 Å². The molecule has 0 aromatic heterocycles. The summed E-state index contributed by atoms with van der Waals surface area (Å²) in [5.74, 6) is -0.228. The third-order valence-corrected chi connectivity index (χ3v) is 7.70. The van der Waals surface area contributed by atoms with Crippen LogP contribution in [-0.2, 0) is 21.4 Å². The number of benzene rings is 2. The van der Waals surface area contributed by atoms with Crippen LogP contribution in [0.15, 0.2) is 53.4 Å². The van der Waals surface area contributed by atoms with Crippen molar-refractivity contribution in [2.75, 3.05) is 6.54 Å². The Labute approximate surface area is 186 Å². The molecule has 3 rings (SSSR count). The second-order valence-corrected chi connectivity index (χ2v) is 10.6. The van der Waals surface area contributed by atoms with Gasteiger partial charge in [0.25, 0.3) is 0 Å². The van der Waals surface area contributed by atoms with Gasteiger partial charge in [0.05, 0.1) is 11.4 Å². The Morgan fingerprint density at radius 2 is 1.58 bits per heavy atom. The number of rotatable bonds is 7. The molecule has 0 saturated heterocycles. The molecule has 5 nitrogen and oxygen atoms in total. The predicted molar refractivity (Wildman–Crippen MR) is 124 cm³/mol. The average Bonchev–Trinajstić information content (AvgIpc) is 2.70. The lowest BCUT2D eigenvalue weighted by atomic mass is 9.97. The van der Waals surface area contributed by atoms with Crippen molar-refractivity contribution in [1.29, 1.82) is 0 Å². The summed E-state index contributed by atoms with van der Waals surface area (Å²) in [4.78, 5) is 13.1. The fourth-order valence-corrected chi connectivity index (χ4v) is 5.52. The van der Waals surface area contributed by atoms with Gasteiger partial charge in [-0.3, -0.25) is 4.79 Å². The van der Waals surface area contributed by atoms with Crippen LogP contribution in [0.1, 0.15) is 61.6 Å². The SMILES string of the molecule is Cc1ccc(S(=O)(=O)N(CC(=O)NC2CCCCCCC2)Cc2cccc(C)c2)cc1. The molecule has 0 heterocycles. The molecule has 2 aromatic rings. The van der Waals surface area contributed by atoms with Crippen molar-refractivity contribution in [2.24, 2.45) is 0 Å². The van der Waals surface area contributed by atoms with Crippen LogP contribution < -0.4 is 5.32 Å². The highest BCUT2D eigenvalue weighted by atomic mass is 32.2. The van der Waals surface area contributed by atoms with Crippen LogP contribution >= 0.6 is 0 Å². The van der Waals surface area contributed by atoms with Gasteiger partial charge in [-0.1, -0.05) is 79.6 Å². The maximum Gasteiger partial charge on any atom is 0.243 e. The third-order valence-electron chi connectivity index (χ3n) is 5.89. The van der Waals surface area contributed by atoms with E-state index in [1.54, 1.807) is 24.3 Å². The molecule has 1 fully saturated rings. The first-order valence-corrected chi connectivity index (χ1v) is 12.7. The first kappa shape index (κ1) is 23.5. The van der Waals surface area contributed by atoms with Crippen molar-refractivity contribution in [2.45, 2.75) is 76.3 Å². The summed E-state index contributed by atoms with van der Waals surface area (Å²) in [7, 11) is -3.81. The van der Waals surface area contributed by atoms with E-state index in [1.165, 1.54) is 23.6 Å². The van der Waals surface area contributed by atoms with Crippen LogP contribution in [0, 0.1) is 13.8 Å². The van der Waals surface area contributed by atoms with Crippen LogP contribution in [0.25, 0.3) is 0 Å². The van der Waals surface area contributed by atoms with Crippen LogP contribution in [0.2, 0.25) is 0 Å². The average molecular weight is 443 g/mol. The number of nitrogens with one attached hydrogen (secondary N) is 1. The lowest BCUT2D eigenvalue weighted by Crippen LogP contribution is -2.44. The standard InChI is InChI=1S/C25H34N2O3S/c1-20-13-15-24(16-14-20)31(29,30)27(18-22-10-8-9-21(2)17-22)19-25(28)26-23-11-6-4-3-5-7-12-23/h8-10,13-17,23H,3-7,11-12,18-19H2,1-2H3,(H,26,28). The normalized spacial score (nSPS) is 16.0. The van der Waals surface area contributed by atoms with E-state index in [0.717, 1.165) is 42.4 Å². The number of hydrogen-bond donors (Lipinski definition) is 1. The van der Waals surface area contributed by atoms with Gasteiger partial charge in [-0.15, -0.1) is 0 Å². The highest BCUT2D eigenvalue weighted by Gasteiger charge is 2.27. The van der Waals surface area contributed by atoms with E-state index in [0.29, 0.717) is 0 Å². The number of aryl methyl sites for hydroxylation is 2. The Balaban J connectivity index is 1.79. The first-order valence-electron chi connectivity index (χ1n) is 11.3. The highest BCUT2D eigenvalue weighted by molar-refractivity contribution is 7.89. The molecule has 2 aromatic carbocycles. The van der Waals surface area contributed by atoms with E-state index >= 15 is 0 Å². The Morgan fingerprint density at radius 3 is 2.23 bits per heavy atom. The summed E-state index contributed by atoms with van der Waals surface area (Å²) in [6, 6.07) is 14.7. The molecular formula is C25H34N2O3S. The molecule has 0 bridgehead atoms. The lowest BCUT2D eigenvalue weighted by Gasteiger charge is -2.25. The molecule has 0 atom stereocenters. The van der Waals surface area contributed by atoms with E-state index in [4.69, 9.17) is 0 Å². The van der Waals surface area contributed by atoms with Crippen molar-refractivity contribution in [3.8, 4) is 0 Å². The fraction of sp³-hybridized carbons (Fsp3) is 0.480. The van der Waals surface area contributed by atoms with Crippen molar-refractivity contribution < 1.29 is 13.2 Å². The topological polar surface area (TPSA) is 66.5 Å². The van der Waals surface area contributed by atoms with Gasteiger partial charge in [-0.05, 0) is 44.4 Å². The quantitative estimate of drug-likeness (QED) is 0.674. The number of hydrogen-bond acceptors (Lipinski definition) is 3. The number of carbonyl (C=O) groups excluding carboxylic acids is 1. The van der Waals surface area contributed by atoms with Gasteiger partial charge in [-0.2, -0.15) is 4.31 Å². The number of nitrogens with zero attached hydrogens (tertiary/aromatic N) is 1. The maximum absolute atomic E-state index is 13.4. The van der Waals surface area contributed by atoms with Gasteiger partial charge in [0.2, 0.25) is 15.9 Å². The number of amides is 1. The second kappa shape index (κ2) is 10.9. The van der Waals surface area contributed by atoms with E-state index in [1.807, 2.05) is 38.1 Å². The Hall–Kier alpha value is -2.18. The minimum Gasteiger partial charge on any atom is -0.352 e. The lowest BCUT2D eigenvalue weighted by molar-refractivity contribution is -0.122. The largest absolute Gasteiger partial charge is 0.352 e. The minimum absolute atomic E-state index is 0.135. The molecule has 0 aliphatic heterocycles. The predicted octanol–water partition coefficient (Wildman–Crippen LogP) is 4.72. The monoisotopic (exact) mass is 442 g/mol. The van der Waals surface area contributed by atoms with Gasteiger partial charge in [-0.25, -0.2) is 8.42 Å². The fourth-order valence-electron chi connectivity index (χ4n) is 4.13. The zero-order valence-corrected chi connectivity index (χ0v) is 19.5. The molecule has 1 N–H and O–H groups in total. The number of sulfonamides is 1. The second-order valence-electron chi connectivity index (χ2n) is 8.68. The minimum atomic E-state index is -3.81. The van der Waals surface area contributed by atoms with Gasteiger partial charge in [0, 0.05) is 12.6 Å². The van der Waals surface area contributed by atoms with Crippen LogP contribution in [0.4, 0.5) is 0 Å². The summed E-state index contributed by atoms with van der Waals surface area (Å²) in [5.41, 5.74) is 2.92. The Bertz CT molecular complexity index is 963. The summed E-state index contributed by atoms with van der Waals surface area (Å²) in [5, 5.41) is 3.10. The molecule has 6 heteroatoms. The van der Waals surface area contributed by atoms with Crippen molar-refractivity contribution in [3.63, 3.8) is 0 Å². The first-order chi connectivity index (χ1) is 14.8. The smallest absolute Gasteiger partial charge is 0.243 e. The van der Waals surface area contributed by atoms with Crippen molar-refractivity contribution in [3.05, 3.63) is 65.2 Å². The van der Waals surface area contributed by atoms with Gasteiger partial charge in [0.1, 0.15) is 0 Å². The molecule has 1 saturated carbocycles. The van der Waals surface area contributed by atoms with E-state index < -0.39 is 10.0 Å². The molecular weight excluding hydrogens is 408 g/mol. The molecule has 31 heavy (non-hydrogen) atoms. The van der Waals surface area contributed by atoms with Gasteiger partial charge >= 0.3 is 0 Å². The molecule has 1 aliphatic rings. The van der Waals surface area contributed by atoms with E-state index in [9.17, 15) is 13.2 Å². The van der Waals surface area contributed by atoms with E-state index in [-0.39, 0.29) is 29.9 Å². The Morgan fingerprint density at radius 1 is 0.935 bits per heavy atom. The zero-order chi connectivity index (χ0) is 22.3. The molecule has 168 valence electrons. The molecule has 0 spiro atoms. The molecule has 0 radical (unpaired) electrons. The number of carbonyl (C=O) groups is 1. The summed E-state index contributed by atoms with van der Waals surface area (Å²) < 4.78 is 28.1. The van der Waals surface area contributed by atoms with Gasteiger partial charge in [0.15, 0.2) is 0 Å². The summed E-state index contributed by atoms with van der Waals surface area (Å²) in [6.45, 7) is 3.88. The molecule has 0 unspecified atom stereocenters. The van der Waals surface area contributed by atoms with Crippen molar-refractivity contribution >= 4 is 15.9 Å². The van der Waals surface area contributed by atoms with Crippen molar-refractivity contribution in [1.82, 2.24) is 9.62 Å². The molecule has 1 amide bonds. The van der Waals surface area contributed by atoms with Gasteiger partial charge < -0.3 is 5.32 Å². The van der Waals surface area contributed by atoms with Crippen LogP contribution in [-0.4, -0.2) is 31.2 Å². The summed E-state index contributed by atoms with van der Waals surface area (Å²) in [6.07, 6.45) is 7.82. The Kier molecular flexibility index (Phi) is 8.27.